The number of ether oxygens (including phenoxy) is 2. The minimum Gasteiger partial charge on any atom is -0.444 e. The van der Waals surface area contributed by atoms with E-state index in [1.807, 2.05) is 48.5 Å². The van der Waals surface area contributed by atoms with Gasteiger partial charge in [-0.1, -0.05) is 40.0 Å². The van der Waals surface area contributed by atoms with E-state index in [9.17, 15) is 22.4 Å². The molecular weight excluding hydrogens is 720 g/mol. The number of benzene rings is 1. The fourth-order valence-corrected chi connectivity index (χ4v) is 13.1. The highest BCUT2D eigenvalue weighted by atomic mass is 32.2. The Morgan fingerprint density at radius 3 is 1.44 bits per heavy atom. The summed E-state index contributed by atoms with van der Waals surface area (Å²) < 4.78 is 54.6. The Kier molecular flexibility index (Phi) is 14.4. The van der Waals surface area contributed by atoms with Crippen molar-refractivity contribution in [1.29, 1.82) is 0 Å². The Morgan fingerprint density at radius 2 is 1.07 bits per heavy atom. The maximum atomic E-state index is 13.0. The lowest BCUT2D eigenvalue weighted by Gasteiger charge is -2.62. The van der Waals surface area contributed by atoms with Crippen molar-refractivity contribution in [3.8, 4) is 0 Å². The van der Waals surface area contributed by atoms with Gasteiger partial charge in [-0.05, 0) is 185 Å². The van der Waals surface area contributed by atoms with E-state index >= 15 is 0 Å². The zero-order valence-electron chi connectivity index (χ0n) is 32.6. The first-order valence-electron chi connectivity index (χ1n) is 19.7. The van der Waals surface area contributed by atoms with Gasteiger partial charge >= 0.3 is 12.2 Å². The summed E-state index contributed by atoms with van der Waals surface area (Å²) in [6.45, 7) is 13.1. The summed E-state index contributed by atoms with van der Waals surface area (Å²) in [4.78, 5) is 24.9. The Hall–Kier alpha value is -2.40. The quantitative estimate of drug-likeness (QED) is 0.239. The lowest BCUT2D eigenvalue weighted by Crippen LogP contribution is -2.63. The number of aryl methyl sites for hydroxylation is 1. The third-order valence-corrected chi connectivity index (χ3v) is 14.0. The molecule has 4 unspecified atom stereocenters. The molecule has 0 spiro atoms. The van der Waals surface area contributed by atoms with Crippen LogP contribution in [0.5, 0.6) is 0 Å². The van der Waals surface area contributed by atoms with Crippen LogP contribution in [0.2, 0.25) is 0 Å². The van der Waals surface area contributed by atoms with Gasteiger partial charge in [0.15, 0.2) is 0 Å². The molecule has 4 atom stereocenters. The molecule has 55 heavy (non-hydrogen) atoms. The minimum absolute atomic E-state index is 0. The summed E-state index contributed by atoms with van der Waals surface area (Å²) in [6, 6.07) is 6.74. The molecule has 1 aromatic rings. The van der Waals surface area contributed by atoms with Gasteiger partial charge in [0.1, 0.15) is 11.2 Å². The molecule has 2 amide bonds. The van der Waals surface area contributed by atoms with Gasteiger partial charge in [-0.15, -0.1) is 0 Å². The maximum absolute atomic E-state index is 13.0. The van der Waals surface area contributed by atoms with Crippen molar-refractivity contribution in [1.82, 2.24) is 10.6 Å². The zero-order chi connectivity index (χ0) is 37.8. The first-order chi connectivity index (χ1) is 24.1. The molecule has 0 aliphatic heterocycles. The molecule has 9 rings (SSSR count). The molecule has 8 bridgehead atoms. The number of nitrogens with one attached hydrogen (secondary N) is 2. The molecule has 11 heteroatoms. The highest BCUT2D eigenvalue weighted by molar-refractivity contribution is 7.86. The third-order valence-electron chi connectivity index (χ3n) is 12.7. The fourth-order valence-electron chi connectivity index (χ4n) is 12.2. The highest BCUT2D eigenvalue weighted by Gasteiger charge is 2.59. The number of rotatable bonds is 9. The summed E-state index contributed by atoms with van der Waals surface area (Å²) >= 11 is 0. The van der Waals surface area contributed by atoms with Gasteiger partial charge in [-0.25, -0.2) is 9.59 Å². The Labute approximate surface area is 333 Å². The van der Waals surface area contributed by atoms with Crippen molar-refractivity contribution in [3.05, 3.63) is 29.8 Å². The summed E-state index contributed by atoms with van der Waals surface area (Å²) in [7, 11) is -3.75. The van der Waals surface area contributed by atoms with Crippen LogP contribution in [0.15, 0.2) is 29.2 Å². The summed E-state index contributed by atoms with van der Waals surface area (Å²) in [5, 5.41) is 6.40. The van der Waals surface area contributed by atoms with E-state index in [4.69, 9.17) is 13.7 Å². The summed E-state index contributed by atoms with van der Waals surface area (Å²) in [6.07, 6.45) is 13.6. The second-order valence-electron chi connectivity index (χ2n) is 20.0. The van der Waals surface area contributed by atoms with Gasteiger partial charge in [0.2, 0.25) is 0 Å². The molecule has 1 aromatic carbocycles. The van der Waals surface area contributed by atoms with Crippen molar-refractivity contribution in [2.75, 3.05) is 13.3 Å². The molecule has 8 aliphatic rings. The Balaban J connectivity index is 0.000000298. The van der Waals surface area contributed by atoms with E-state index in [0.717, 1.165) is 69.8 Å². The second kappa shape index (κ2) is 16.8. The number of halogens is 1. The molecule has 0 aromatic heterocycles. The van der Waals surface area contributed by atoms with Crippen molar-refractivity contribution in [3.63, 3.8) is 0 Å². The normalized spacial score (nSPS) is 33.8. The van der Waals surface area contributed by atoms with Gasteiger partial charge < -0.3 is 20.1 Å². The molecule has 2 N–H and O–H groups in total. The van der Waals surface area contributed by atoms with Gasteiger partial charge in [0, 0.05) is 11.1 Å². The van der Waals surface area contributed by atoms with Gasteiger partial charge in [0.25, 0.3) is 10.1 Å². The standard InChI is InChI=1S/C24H35NO5S.C17H28FNO2.3CH4/c1-17-5-7-20(8-6-17)31(27,28)29-10-9-23-12-18-11-19(13-23)15-24(14-18,16-23)25-21(26)30-22(2,3)4;1-15(2,3)21-14(20)19-17-9-12-6-13(10-17)8-16(7-12,11-17)4-5-18;;;/h5-8,18-19H,9-16H2,1-4H3,(H,25,26);12-13H,4-11H2,1-3H3,(H,19,20);3*1H4. The van der Waals surface area contributed by atoms with Crippen LogP contribution in [0, 0.1) is 41.4 Å². The van der Waals surface area contributed by atoms with Crippen LogP contribution in [-0.4, -0.2) is 56.2 Å². The number of hydrogen-bond donors (Lipinski definition) is 2. The number of alkyl halides is 1. The van der Waals surface area contributed by atoms with E-state index in [0.29, 0.717) is 36.5 Å². The van der Waals surface area contributed by atoms with Crippen LogP contribution in [0.3, 0.4) is 0 Å². The Morgan fingerprint density at radius 1 is 0.691 bits per heavy atom. The smallest absolute Gasteiger partial charge is 0.408 e. The monoisotopic (exact) mass is 795 g/mol. The number of carbonyl (C=O) groups excluding carboxylic acids is 2. The minimum atomic E-state index is -3.75. The molecule has 0 saturated heterocycles. The van der Waals surface area contributed by atoms with Crippen molar-refractivity contribution in [2.45, 2.75) is 188 Å². The lowest BCUT2D eigenvalue weighted by molar-refractivity contribution is -0.0893. The van der Waals surface area contributed by atoms with Gasteiger partial charge in [-0.2, -0.15) is 8.42 Å². The van der Waals surface area contributed by atoms with Crippen LogP contribution in [0.1, 0.15) is 159 Å². The van der Waals surface area contributed by atoms with E-state index in [1.165, 1.54) is 12.8 Å². The van der Waals surface area contributed by atoms with Gasteiger partial charge in [0.05, 0.1) is 18.2 Å². The first kappa shape index (κ1) is 47.0. The average Bonchev–Trinajstić information content (AvgIpc) is 2.93. The van der Waals surface area contributed by atoms with E-state index in [2.05, 4.69) is 10.6 Å². The summed E-state index contributed by atoms with van der Waals surface area (Å²) in [5.74, 6) is 2.47. The van der Waals surface area contributed by atoms with E-state index in [-0.39, 0.29) is 74.6 Å². The van der Waals surface area contributed by atoms with E-state index in [1.54, 1.807) is 24.3 Å². The number of carbonyl (C=O) groups is 2. The number of hydrogen-bond acceptors (Lipinski definition) is 7. The van der Waals surface area contributed by atoms with Crippen molar-refractivity contribution in [2.24, 2.45) is 34.5 Å². The van der Waals surface area contributed by atoms with Crippen molar-refractivity contribution < 1.29 is 36.1 Å². The van der Waals surface area contributed by atoms with Crippen LogP contribution in [-0.2, 0) is 23.8 Å². The number of alkyl carbamates (subject to hydrolysis) is 2. The number of amides is 2. The molecule has 8 saturated carbocycles. The van der Waals surface area contributed by atoms with Crippen LogP contribution in [0.4, 0.5) is 14.0 Å². The first-order valence-corrected chi connectivity index (χ1v) is 21.1. The average molecular weight is 795 g/mol. The molecule has 0 radical (unpaired) electrons. The molecule has 9 nitrogen and oxygen atoms in total. The van der Waals surface area contributed by atoms with Gasteiger partial charge in [-0.3, -0.25) is 8.57 Å². The van der Waals surface area contributed by atoms with E-state index < -0.39 is 21.3 Å². The summed E-state index contributed by atoms with van der Waals surface area (Å²) in [5.41, 5.74) is -0.194. The maximum Gasteiger partial charge on any atom is 0.408 e. The van der Waals surface area contributed by atoms with Crippen LogP contribution >= 0.6 is 0 Å². The SMILES string of the molecule is C.C.C.CC(C)(C)OC(=O)NC12CC3CC(CC(CCF)(C3)C1)C2.Cc1ccc(S(=O)(=O)OCCC23CC4CC(C2)CC(NC(=O)OC(C)(C)C)(C4)C3)cc1. The highest BCUT2D eigenvalue weighted by Crippen LogP contribution is 2.64. The molecule has 8 fully saturated rings. The zero-order valence-corrected chi connectivity index (χ0v) is 33.4. The molecule has 316 valence electrons. The second-order valence-corrected chi connectivity index (χ2v) is 21.6. The molecule has 0 heterocycles. The fraction of sp³-hybridized carbons (Fsp3) is 0.818. The van der Waals surface area contributed by atoms with Crippen LogP contribution < -0.4 is 10.6 Å². The predicted molar refractivity (Wildman–Crippen MR) is 218 cm³/mol. The third kappa shape index (κ3) is 11.4. The topological polar surface area (TPSA) is 120 Å². The largest absolute Gasteiger partial charge is 0.444 e. The lowest BCUT2D eigenvalue weighted by atomic mass is 9.46. The van der Waals surface area contributed by atoms with Crippen LogP contribution in [0.25, 0.3) is 0 Å². The Bertz CT molecular complexity index is 1550. The predicted octanol–water partition coefficient (Wildman–Crippen LogP) is 11.1. The van der Waals surface area contributed by atoms with Crippen molar-refractivity contribution >= 4 is 22.3 Å². The molecular formula is C44H75FN2O7S. The molecule has 8 aliphatic carbocycles.